The van der Waals surface area contributed by atoms with Crippen molar-refractivity contribution in [1.29, 1.82) is 0 Å². The smallest absolute Gasteiger partial charge is 0.494 e. The second-order valence-electron chi connectivity index (χ2n) is 6.57. The Hall–Kier alpha value is -1.78. The van der Waals surface area contributed by atoms with Gasteiger partial charge in [-0.1, -0.05) is 42.5 Å². The van der Waals surface area contributed by atoms with Crippen LogP contribution >= 0.6 is 0 Å². The summed E-state index contributed by atoms with van der Waals surface area (Å²) >= 11 is 0. The van der Waals surface area contributed by atoms with Gasteiger partial charge in [0.05, 0.1) is 11.2 Å². The average Bonchev–Trinajstić information content (AvgIpc) is 2.70. The Kier molecular flexibility index (Phi) is 3.75. The Bertz CT molecular complexity index is 656. The number of hydrogen-bond donors (Lipinski definition) is 1. The molecule has 0 saturated carbocycles. The van der Waals surface area contributed by atoms with Gasteiger partial charge in [-0.15, -0.1) is 0 Å². The Morgan fingerprint density at radius 3 is 2.36 bits per heavy atom. The molecular formula is C18H21BO3. The zero-order valence-electron chi connectivity index (χ0n) is 13.2. The van der Waals surface area contributed by atoms with Gasteiger partial charge in [0, 0.05) is 6.42 Å². The van der Waals surface area contributed by atoms with Gasteiger partial charge in [0.25, 0.3) is 0 Å². The van der Waals surface area contributed by atoms with Crippen LogP contribution in [0.3, 0.4) is 0 Å². The minimum absolute atomic E-state index is 0.275. The number of rotatable bonds is 3. The zero-order valence-corrected chi connectivity index (χ0v) is 13.2. The quantitative estimate of drug-likeness (QED) is 0.885. The van der Waals surface area contributed by atoms with E-state index in [2.05, 4.69) is 20.8 Å². The number of hydrogen-bond acceptors (Lipinski definition) is 3. The molecule has 4 heteroatoms. The zero-order chi connectivity index (χ0) is 15.8. The van der Waals surface area contributed by atoms with Crippen LogP contribution in [0.4, 0.5) is 0 Å². The van der Waals surface area contributed by atoms with E-state index in [1.807, 2.05) is 42.5 Å². The fourth-order valence-electron chi connectivity index (χ4n) is 2.85. The van der Waals surface area contributed by atoms with Crippen LogP contribution in [0.1, 0.15) is 26.3 Å². The summed E-state index contributed by atoms with van der Waals surface area (Å²) in [7, 11) is -0.362. The van der Waals surface area contributed by atoms with E-state index in [1.165, 1.54) is 0 Å². The van der Waals surface area contributed by atoms with Gasteiger partial charge in [-0.05, 0) is 43.9 Å². The largest absolute Gasteiger partial charge is 0.508 e. The molecule has 2 aromatic carbocycles. The predicted molar refractivity (Wildman–Crippen MR) is 88.3 cm³/mol. The minimum atomic E-state index is -0.471. The summed E-state index contributed by atoms with van der Waals surface area (Å²) in [6.07, 6.45) is 0.678. The minimum Gasteiger partial charge on any atom is -0.508 e. The van der Waals surface area contributed by atoms with Crippen molar-refractivity contribution in [3.05, 3.63) is 60.2 Å². The van der Waals surface area contributed by atoms with Crippen LogP contribution in [0.2, 0.25) is 0 Å². The van der Waals surface area contributed by atoms with Crippen molar-refractivity contribution in [2.45, 2.75) is 38.4 Å². The number of aromatic hydroxyl groups is 1. The van der Waals surface area contributed by atoms with Crippen LogP contribution < -0.4 is 5.46 Å². The summed E-state index contributed by atoms with van der Waals surface area (Å²) < 4.78 is 12.5. The van der Waals surface area contributed by atoms with E-state index in [-0.39, 0.29) is 12.9 Å². The standard InChI is InChI=1S/C18H21BO3/c1-17(2)18(3,13-14-8-7-11-16(20)12-14)22-19(21-17)15-9-5-4-6-10-15/h4-12,20H,13H2,1-3H3. The van der Waals surface area contributed by atoms with E-state index in [9.17, 15) is 5.11 Å². The van der Waals surface area contributed by atoms with E-state index >= 15 is 0 Å². The molecule has 3 nitrogen and oxygen atoms in total. The Labute approximate surface area is 132 Å². The molecule has 0 aromatic heterocycles. The third-order valence-electron chi connectivity index (χ3n) is 4.57. The molecule has 1 aliphatic rings. The molecule has 0 aliphatic carbocycles. The molecule has 0 radical (unpaired) electrons. The van der Waals surface area contributed by atoms with Crippen molar-refractivity contribution in [2.75, 3.05) is 0 Å². The Balaban J connectivity index is 1.86. The highest BCUT2D eigenvalue weighted by Gasteiger charge is 2.54. The second-order valence-corrected chi connectivity index (χ2v) is 6.57. The van der Waals surface area contributed by atoms with Crippen LogP contribution in [0.15, 0.2) is 54.6 Å². The van der Waals surface area contributed by atoms with Gasteiger partial charge >= 0.3 is 7.12 Å². The van der Waals surface area contributed by atoms with E-state index in [1.54, 1.807) is 12.1 Å². The molecule has 1 unspecified atom stereocenters. The SMILES string of the molecule is CC1(C)OB(c2ccccc2)OC1(C)Cc1cccc(O)c1. The first-order chi connectivity index (χ1) is 10.4. The molecule has 0 amide bonds. The molecule has 3 rings (SSSR count). The van der Waals surface area contributed by atoms with Gasteiger partial charge in [-0.2, -0.15) is 0 Å². The highest BCUT2D eigenvalue weighted by atomic mass is 16.7. The predicted octanol–water partition coefficient (Wildman–Crippen LogP) is 2.91. The summed E-state index contributed by atoms with van der Waals surface area (Å²) in [5.74, 6) is 0.275. The van der Waals surface area contributed by atoms with Crippen molar-refractivity contribution in [1.82, 2.24) is 0 Å². The summed E-state index contributed by atoms with van der Waals surface area (Å²) in [5.41, 5.74) is 1.16. The van der Waals surface area contributed by atoms with E-state index in [0.29, 0.717) is 6.42 Å². The molecule has 1 atom stereocenters. The van der Waals surface area contributed by atoms with E-state index < -0.39 is 11.2 Å². The summed E-state index contributed by atoms with van der Waals surface area (Å²) in [5, 5.41) is 9.66. The molecule has 1 N–H and O–H groups in total. The fourth-order valence-corrected chi connectivity index (χ4v) is 2.85. The van der Waals surface area contributed by atoms with Gasteiger partial charge in [0.2, 0.25) is 0 Å². The lowest BCUT2D eigenvalue weighted by Crippen LogP contribution is -2.46. The maximum atomic E-state index is 9.66. The Morgan fingerprint density at radius 2 is 1.68 bits per heavy atom. The molecule has 1 heterocycles. The van der Waals surface area contributed by atoms with Crippen molar-refractivity contribution in [2.24, 2.45) is 0 Å². The highest BCUT2D eigenvalue weighted by Crippen LogP contribution is 2.39. The van der Waals surface area contributed by atoms with Gasteiger partial charge in [-0.25, -0.2) is 0 Å². The number of benzene rings is 2. The first kappa shape index (κ1) is 15.1. The first-order valence-corrected chi connectivity index (χ1v) is 7.58. The summed E-state index contributed by atoms with van der Waals surface area (Å²) in [6, 6.07) is 17.3. The van der Waals surface area contributed by atoms with Crippen LogP contribution in [0.5, 0.6) is 5.75 Å². The third-order valence-corrected chi connectivity index (χ3v) is 4.57. The highest BCUT2D eigenvalue weighted by molar-refractivity contribution is 6.62. The fraction of sp³-hybridized carbons (Fsp3) is 0.333. The lowest BCUT2D eigenvalue weighted by atomic mass is 9.79. The molecule has 22 heavy (non-hydrogen) atoms. The molecule has 0 spiro atoms. The van der Waals surface area contributed by atoms with Crippen molar-refractivity contribution >= 4 is 12.6 Å². The topological polar surface area (TPSA) is 38.7 Å². The van der Waals surface area contributed by atoms with Crippen LogP contribution in [0.25, 0.3) is 0 Å². The van der Waals surface area contributed by atoms with Crippen molar-refractivity contribution in [3.8, 4) is 5.75 Å². The summed E-state index contributed by atoms with van der Waals surface area (Å²) in [4.78, 5) is 0. The van der Waals surface area contributed by atoms with Gasteiger partial charge < -0.3 is 14.4 Å². The second kappa shape index (κ2) is 5.45. The summed E-state index contributed by atoms with van der Waals surface area (Å²) in [6.45, 7) is 6.18. The number of phenols is 1. The maximum Gasteiger partial charge on any atom is 0.494 e. The van der Waals surface area contributed by atoms with Gasteiger partial charge in [-0.3, -0.25) is 0 Å². The van der Waals surface area contributed by atoms with Crippen LogP contribution in [0, 0.1) is 0 Å². The Morgan fingerprint density at radius 1 is 0.955 bits per heavy atom. The molecule has 1 aliphatic heterocycles. The third kappa shape index (κ3) is 2.76. The molecule has 2 aromatic rings. The van der Waals surface area contributed by atoms with Crippen LogP contribution in [-0.2, 0) is 15.7 Å². The van der Waals surface area contributed by atoms with E-state index in [4.69, 9.17) is 9.31 Å². The van der Waals surface area contributed by atoms with Crippen molar-refractivity contribution in [3.63, 3.8) is 0 Å². The lowest BCUT2D eigenvalue weighted by Gasteiger charge is -2.36. The molecule has 114 valence electrons. The lowest BCUT2D eigenvalue weighted by molar-refractivity contribution is -0.00879. The average molecular weight is 296 g/mol. The maximum absolute atomic E-state index is 9.66. The van der Waals surface area contributed by atoms with Gasteiger partial charge in [0.15, 0.2) is 0 Å². The molecule has 1 saturated heterocycles. The molecule has 0 bridgehead atoms. The first-order valence-electron chi connectivity index (χ1n) is 7.58. The van der Waals surface area contributed by atoms with Crippen molar-refractivity contribution < 1.29 is 14.4 Å². The van der Waals surface area contributed by atoms with Crippen LogP contribution in [-0.4, -0.2) is 23.4 Å². The normalized spacial score (nSPS) is 23.7. The van der Waals surface area contributed by atoms with Gasteiger partial charge in [0.1, 0.15) is 5.75 Å². The monoisotopic (exact) mass is 296 g/mol. The van der Waals surface area contributed by atoms with E-state index in [0.717, 1.165) is 11.0 Å². The molecular weight excluding hydrogens is 275 g/mol. The number of phenolic OH excluding ortho intramolecular Hbond substituents is 1. The molecule has 1 fully saturated rings.